The molecule has 0 fully saturated rings. The Morgan fingerprint density at radius 1 is 1.04 bits per heavy atom. The van der Waals surface area contributed by atoms with Crippen LogP contribution in [-0.4, -0.2) is 11.0 Å². The van der Waals surface area contributed by atoms with Crippen molar-refractivity contribution < 1.29 is 9.90 Å². The van der Waals surface area contributed by atoms with Crippen LogP contribution in [-0.2, 0) is 4.79 Å². The normalized spacial score (nSPS) is 12.1. The summed E-state index contributed by atoms with van der Waals surface area (Å²) in [4.78, 5) is 11.7. The minimum atomic E-state index is -0.390. The van der Waals surface area contributed by atoms with Crippen LogP contribution in [0.15, 0.2) is 60.7 Å². The van der Waals surface area contributed by atoms with Crippen LogP contribution in [0.1, 0.15) is 29.7 Å². The molecule has 0 aromatic heterocycles. The number of rotatable bonds is 3. The van der Waals surface area contributed by atoms with Gasteiger partial charge in [0.05, 0.1) is 6.04 Å². The Hall–Kier alpha value is -2.81. The Morgan fingerprint density at radius 2 is 1.83 bits per heavy atom. The Labute approximate surface area is 135 Å². The first-order chi connectivity index (χ1) is 11.1. The molecule has 3 rings (SSSR count). The quantitative estimate of drug-likeness (QED) is 0.766. The molecule has 3 nitrogen and oxygen atoms in total. The molecule has 0 saturated carbocycles. The first-order valence-corrected chi connectivity index (χ1v) is 7.60. The number of benzene rings is 3. The van der Waals surface area contributed by atoms with Gasteiger partial charge in [-0.15, -0.1) is 0 Å². The van der Waals surface area contributed by atoms with E-state index in [1.54, 1.807) is 6.07 Å². The zero-order valence-corrected chi connectivity index (χ0v) is 13.2. The molecule has 0 spiro atoms. The molecule has 0 radical (unpaired) electrons. The van der Waals surface area contributed by atoms with Crippen LogP contribution in [0.3, 0.4) is 0 Å². The second-order valence-corrected chi connectivity index (χ2v) is 5.77. The van der Waals surface area contributed by atoms with Gasteiger partial charge in [-0.05, 0) is 29.3 Å². The van der Waals surface area contributed by atoms with Crippen molar-refractivity contribution in [2.24, 2.45) is 0 Å². The molecule has 1 atom stereocenters. The monoisotopic (exact) mass is 305 g/mol. The predicted molar refractivity (Wildman–Crippen MR) is 92.5 cm³/mol. The maximum Gasteiger partial charge on any atom is 0.217 e. The molecule has 0 bridgehead atoms. The van der Waals surface area contributed by atoms with E-state index in [-0.39, 0.29) is 11.7 Å². The van der Waals surface area contributed by atoms with Crippen molar-refractivity contribution in [3.8, 4) is 5.75 Å². The van der Waals surface area contributed by atoms with E-state index in [2.05, 4.69) is 5.32 Å². The first-order valence-electron chi connectivity index (χ1n) is 7.60. The Morgan fingerprint density at radius 3 is 2.57 bits per heavy atom. The lowest BCUT2D eigenvalue weighted by Gasteiger charge is -2.22. The third kappa shape index (κ3) is 3.04. The van der Waals surface area contributed by atoms with Gasteiger partial charge in [-0.2, -0.15) is 0 Å². The topological polar surface area (TPSA) is 49.3 Å². The summed E-state index contributed by atoms with van der Waals surface area (Å²) < 4.78 is 0. The van der Waals surface area contributed by atoms with Gasteiger partial charge in [-0.3, -0.25) is 4.79 Å². The van der Waals surface area contributed by atoms with E-state index in [0.717, 1.165) is 27.5 Å². The third-order valence-corrected chi connectivity index (χ3v) is 3.96. The molecule has 1 amide bonds. The van der Waals surface area contributed by atoms with E-state index in [0.29, 0.717) is 0 Å². The Balaban J connectivity index is 2.25. The van der Waals surface area contributed by atoms with Gasteiger partial charge in [-0.1, -0.05) is 60.2 Å². The van der Waals surface area contributed by atoms with Crippen LogP contribution in [0, 0.1) is 6.92 Å². The molecule has 0 aliphatic heterocycles. The molecule has 2 N–H and O–H groups in total. The highest BCUT2D eigenvalue weighted by atomic mass is 16.3. The lowest BCUT2D eigenvalue weighted by Crippen LogP contribution is -2.27. The molecule has 0 heterocycles. The van der Waals surface area contributed by atoms with Gasteiger partial charge < -0.3 is 10.4 Å². The van der Waals surface area contributed by atoms with Gasteiger partial charge in [0.25, 0.3) is 0 Å². The number of phenolic OH excluding ortho intramolecular Hbond substituents is 1. The number of hydrogen-bond acceptors (Lipinski definition) is 2. The van der Waals surface area contributed by atoms with Crippen molar-refractivity contribution in [2.75, 3.05) is 0 Å². The number of fused-ring (bicyclic) bond motifs is 1. The Kier molecular flexibility index (Phi) is 4.02. The van der Waals surface area contributed by atoms with Crippen molar-refractivity contribution in [3.05, 3.63) is 77.4 Å². The average Bonchev–Trinajstić information content (AvgIpc) is 2.53. The van der Waals surface area contributed by atoms with Crippen molar-refractivity contribution in [3.63, 3.8) is 0 Å². The number of carbonyl (C=O) groups is 1. The second kappa shape index (κ2) is 6.13. The zero-order valence-electron chi connectivity index (χ0n) is 13.2. The van der Waals surface area contributed by atoms with Gasteiger partial charge in [0.15, 0.2) is 0 Å². The van der Waals surface area contributed by atoms with Crippen LogP contribution in [0.5, 0.6) is 5.75 Å². The van der Waals surface area contributed by atoms with E-state index < -0.39 is 6.04 Å². The van der Waals surface area contributed by atoms with Crippen LogP contribution in [0.25, 0.3) is 10.8 Å². The standard InChI is InChI=1S/C20H19NO2/c1-13-6-5-8-16(12-13)20(21-14(2)22)19-17-9-4-3-7-15(17)10-11-18(19)23/h3-12,20,23H,1-2H3,(H,21,22)/t20-/m0/s1. The molecule has 0 aliphatic carbocycles. The average molecular weight is 305 g/mol. The summed E-state index contributed by atoms with van der Waals surface area (Å²) in [6.07, 6.45) is 0. The van der Waals surface area contributed by atoms with Crippen LogP contribution < -0.4 is 5.32 Å². The van der Waals surface area contributed by atoms with Crippen LogP contribution in [0.2, 0.25) is 0 Å². The summed E-state index contributed by atoms with van der Waals surface area (Å²) in [5, 5.41) is 15.4. The van der Waals surface area contributed by atoms with E-state index in [1.165, 1.54) is 6.92 Å². The highest BCUT2D eigenvalue weighted by molar-refractivity contribution is 5.89. The third-order valence-electron chi connectivity index (χ3n) is 3.96. The molecule has 3 heteroatoms. The molecule has 23 heavy (non-hydrogen) atoms. The molecule has 3 aromatic rings. The van der Waals surface area contributed by atoms with Gasteiger partial charge in [-0.25, -0.2) is 0 Å². The lowest BCUT2D eigenvalue weighted by molar-refractivity contribution is -0.119. The second-order valence-electron chi connectivity index (χ2n) is 5.77. The maximum absolute atomic E-state index is 11.7. The number of hydrogen-bond donors (Lipinski definition) is 2. The largest absolute Gasteiger partial charge is 0.508 e. The minimum absolute atomic E-state index is 0.135. The number of aromatic hydroxyl groups is 1. The van der Waals surface area contributed by atoms with E-state index >= 15 is 0 Å². The smallest absolute Gasteiger partial charge is 0.217 e. The van der Waals surface area contributed by atoms with Crippen molar-refractivity contribution >= 4 is 16.7 Å². The summed E-state index contributed by atoms with van der Waals surface area (Å²) in [6.45, 7) is 3.50. The van der Waals surface area contributed by atoms with Crippen molar-refractivity contribution in [1.29, 1.82) is 0 Å². The molecule has 116 valence electrons. The fourth-order valence-electron chi connectivity index (χ4n) is 2.96. The predicted octanol–water partition coefficient (Wildman–Crippen LogP) is 4.08. The molecular formula is C20H19NO2. The molecular weight excluding hydrogens is 286 g/mol. The number of nitrogens with one attached hydrogen (secondary N) is 1. The lowest BCUT2D eigenvalue weighted by atomic mass is 9.92. The summed E-state index contributed by atoms with van der Waals surface area (Å²) in [5.74, 6) is 0.0489. The van der Waals surface area contributed by atoms with E-state index in [1.807, 2.05) is 61.5 Å². The van der Waals surface area contributed by atoms with Crippen molar-refractivity contribution in [2.45, 2.75) is 19.9 Å². The summed E-state index contributed by atoms with van der Waals surface area (Å²) in [7, 11) is 0. The minimum Gasteiger partial charge on any atom is -0.508 e. The number of carbonyl (C=O) groups excluding carboxylic acids is 1. The van der Waals surface area contributed by atoms with E-state index in [4.69, 9.17) is 0 Å². The van der Waals surface area contributed by atoms with Gasteiger partial charge in [0.1, 0.15) is 5.75 Å². The maximum atomic E-state index is 11.7. The van der Waals surface area contributed by atoms with Crippen LogP contribution >= 0.6 is 0 Å². The van der Waals surface area contributed by atoms with Gasteiger partial charge in [0, 0.05) is 12.5 Å². The highest BCUT2D eigenvalue weighted by Gasteiger charge is 2.21. The van der Waals surface area contributed by atoms with Gasteiger partial charge >= 0.3 is 0 Å². The van der Waals surface area contributed by atoms with Crippen molar-refractivity contribution in [1.82, 2.24) is 5.32 Å². The fourth-order valence-corrected chi connectivity index (χ4v) is 2.96. The fraction of sp³-hybridized carbons (Fsp3) is 0.150. The summed E-state index contributed by atoms with van der Waals surface area (Å²) in [5.41, 5.74) is 2.79. The number of phenols is 1. The van der Waals surface area contributed by atoms with Crippen LogP contribution in [0.4, 0.5) is 0 Å². The van der Waals surface area contributed by atoms with Gasteiger partial charge in [0.2, 0.25) is 5.91 Å². The highest BCUT2D eigenvalue weighted by Crippen LogP contribution is 2.35. The number of aryl methyl sites for hydroxylation is 1. The summed E-state index contributed by atoms with van der Waals surface area (Å²) >= 11 is 0. The Bertz CT molecular complexity index is 870. The SMILES string of the molecule is CC(=O)N[C@@H](c1cccc(C)c1)c1c(O)ccc2ccccc12. The zero-order chi connectivity index (χ0) is 16.4. The molecule has 0 saturated heterocycles. The number of amides is 1. The molecule has 0 unspecified atom stereocenters. The summed E-state index contributed by atoms with van der Waals surface area (Å²) in [6, 6.07) is 19.0. The molecule has 3 aromatic carbocycles. The van der Waals surface area contributed by atoms with E-state index in [9.17, 15) is 9.90 Å². The molecule has 0 aliphatic rings. The first kappa shape index (κ1) is 15.1.